The summed E-state index contributed by atoms with van der Waals surface area (Å²) in [6.45, 7) is 5.45. The summed E-state index contributed by atoms with van der Waals surface area (Å²) in [7, 11) is 2.06. The molecule has 0 radical (unpaired) electrons. The van der Waals surface area contributed by atoms with Crippen molar-refractivity contribution in [2.45, 2.75) is 19.9 Å². The lowest BCUT2D eigenvalue weighted by atomic mass is 10.1. The van der Waals surface area contributed by atoms with E-state index >= 15 is 0 Å². The molecule has 0 aliphatic rings. The number of hydrogen-bond acceptors (Lipinski definition) is 3. The number of ether oxygens (including phenoxy) is 1. The largest absolute Gasteiger partial charge is 0.380 e. The van der Waals surface area contributed by atoms with E-state index in [9.17, 15) is 4.79 Å². The van der Waals surface area contributed by atoms with Gasteiger partial charge in [0.2, 0.25) is 0 Å². The van der Waals surface area contributed by atoms with Crippen molar-refractivity contribution in [3.63, 3.8) is 0 Å². The second-order valence-corrected chi connectivity index (χ2v) is 4.21. The van der Waals surface area contributed by atoms with Gasteiger partial charge in [-0.1, -0.05) is 25.1 Å². The van der Waals surface area contributed by atoms with Crippen LogP contribution in [0.1, 0.15) is 29.3 Å². The third-order valence-corrected chi connectivity index (χ3v) is 2.51. The smallest absolute Gasteiger partial charge is 0.150 e. The number of benzene rings is 1. The van der Waals surface area contributed by atoms with Crippen molar-refractivity contribution in [3.8, 4) is 0 Å². The van der Waals surface area contributed by atoms with Gasteiger partial charge in [0, 0.05) is 25.3 Å². The first-order chi connectivity index (χ1) is 8.26. The van der Waals surface area contributed by atoms with Crippen LogP contribution in [0.5, 0.6) is 0 Å². The van der Waals surface area contributed by atoms with E-state index in [4.69, 9.17) is 4.74 Å². The third kappa shape index (κ3) is 5.61. The van der Waals surface area contributed by atoms with Crippen molar-refractivity contribution >= 4 is 6.29 Å². The highest BCUT2D eigenvalue weighted by molar-refractivity contribution is 5.74. The molecule has 0 spiro atoms. The van der Waals surface area contributed by atoms with E-state index in [2.05, 4.69) is 18.9 Å². The number of aldehydes is 1. The van der Waals surface area contributed by atoms with Crippen molar-refractivity contribution in [3.05, 3.63) is 35.4 Å². The van der Waals surface area contributed by atoms with Crippen LogP contribution in [0.3, 0.4) is 0 Å². The molecule has 0 aliphatic carbocycles. The van der Waals surface area contributed by atoms with Gasteiger partial charge in [0.05, 0.1) is 6.61 Å². The van der Waals surface area contributed by atoms with E-state index < -0.39 is 0 Å². The first kappa shape index (κ1) is 13.9. The van der Waals surface area contributed by atoms with E-state index in [1.165, 1.54) is 0 Å². The fraction of sp³-hybridized carbons (Fsp3) is 0.500. The zero-order chi connectivity index (χ0) is 12.5. The molecule has 0 unspecified atom stereocenters. The topological polar surface area (TPSA) is 29.5 Å². The Hall–Kier alpha value is -1.19. The Bertz CT molecular complexity index is 339. The molecule has 0 heterocycles. The van der Waals surface area contributed by atoms with Gasteiger partial charge < -0.3 is 4.74 Å². The Morgan fingerprint density at radius 2 is 2.18 bits per heavy atom. The summed E-state index contributed by atoms with van der Waals surface area (Å²) in [6, 6.07) is 7.70. The summed E-state index contributed by atoms with van der Waals surface area (Å²) in [4.78, 5) is 12.8. The van der Waals surface area contributed by atoms with E-state index in [1.807, 2.05) is 24.3 Å². The number of likely N-dealkylation sites (N-methyl/N-ethyl adjacent to an activating group) is 1. The minimum Gasteiger partial charge on any atom is -0.380 e. The number of hydrogen-bond donors (Lipinski definition) is 0. The minimum atomic E-state index is 0.734. The Balaban J connectivity index is 2.33. The highest BCUT2D eigenvalue weighted by atomic mass is 16.5. The molecule has 94 valence electrons. The number of rotatable bonds is 8. The van der Waals surface area contributed by atoms with Crippen LogP contribution >= 0.6 is 0 Å². The quantitative estimate of drug-likeness (QED) is 0.512. The second kappa shape index (κ2) is 7.98. The molecule has 0 amide bonds. The average Bonchev–Trinajstić information content (AvgIpc) is 2.35. The molecule has 1 aromatic rings. The fourth-order valence-electron chi connectivity index (χ4n) is 1.62. The molecule has 0 fully saturated rings. The molecule has 0 aliphatic heterocycles. The van der Waals surface area contributed by atoms with Crippen LogP contribution in [0.15, 0.2) is 24.3 Å². The van der Waals surface area contributed by atoms with Crippen molar-refractivity contribution in [2.75, 3.05) is 26.8 Å². The Morgan fingerprint density at radius 1 is 1.35 bits per heavy atom. The number of carbonyl (C=O) groups is 1. The fourth-order valence-corrected chi connectivity index (χ4v) is 1.62. The van der Waals surface area contributed by atoms with E-state index in [0.717, 1.165) is 50.1 Å². The van der Waals surface area contributed by atoms with Crippen molar-refractivity contribution in [1.29, 1.82) is 0 Å². The van der Waals surface area contributed by atoms with Crippen LogP contribution in [0, 0.1) is 0 Å². The predicted molar refractivity (Wildman–Crippen MR) is 69.3 cm³/mol. The molecule has 3 heteroatoms. The molecule has 1 rings (SSSR count). The summed E-state index contributed by atoms with van der Waals surface area (Å²) in [5.41, 5.74) is 1.89. The van der Waals surface area contributed by atoms with Gasteiger partial charge in [0.15, 0.2) is 0 Å². The van der Waals surface area contributed by atoms with Gasteiger partial charge in [-0.25, -0.2) is 0 Å². The first-order valence-corrected chi connectivity index (χ1v) is 6.06. The second-order valence-electron chi connectivity index (χ2n) is 4.21. The molecule has 0 bridgehead atoms. The summed E-state index contributed by atoms with van der Waals surface area (Å²) in [6.07, 6.45) is 1.94. The van der Waals surface area contributed by atoms with Gasteiger partial charge in [-0.2, -0.15) is 0 Å². The standard InChI is InChI=1S/C14H21NO2/c1-3-8-17-9-7-15(2)11-13-5-4-6-14(10-13)12-16/h4-6,10,12H,3,7-9,11H2,1-2H3. The lowest BCUT2D eigenvalue weighted by Crippen LogP contribution is -2.23. The van der Waals surface area contributed by atoms with E-state index in [-0.39, 0.29) is 0 Å². The molecule has 3 nitrogen and oxygen atoms in total. The molecule has 1 aromatic carbocycles. The Labute approximate surface area is 103 Å². The normalized spacial score (nSPS) is 10.8. The van der Waals surface area contributed by atoms with Crippen LogP contribution in [-0.4, -0.2) is 38.0 Å². The maximum Gasteiger partial charge on any atom is 0.150 e. The summed E-state index contributed by atoms with van der Waals surface area (Å²) < 4.78 is 5.44. The first-order valence-electron chi connectivity index (χ1n) is 6.06. The SMILES string of the molecule is CCCOCCN(C)Cc1cccc(C=O)c1. The number of carbonyl (C=O) groups excluding carboxylic acids is 1. The predicted octanol–water partition coefficient (Wildman–Crippen LogP) is 2.36. The van der Waals surface area contributed by atoms with Gasteiger partial charge >= 0.3 is 0 Å². The summed E-state index contributed by atoms with van der Waals surface area (Å²) in [5, 5.41) is 0. The Morgan fingerprint density at radius 3 is 2.88 bits per heavy atom. The van der Waals surface area contributed by atoms with Crippen LogP contribution in [-0.2, 0) is 11.3 Å². The van der Waals surface area contributed by atoms with Gasteiger partial charge in [-0.15, -0.1) is 0 Å². The molecule has 0 N–H and O–H groups in total. The number of nitrogens with zero attached hydrogens (tertiary/aromatic N) is 1. The zero-order valence-electron chi connectivity index (χ0n) is 10.7. The van der Waals surface area contributed by atoms with Gasteiger partial charge in [-0.3, -0.25) is 9.69 Å². The lowest BCUT2D eigenvalue weighted by Gasteiger charge is -2.16. The van der Waals surface area contributed by atoms with Crippen LogP contribution in [0.25, 0.3) is 0 Å². The van der Waals surface area contributed by atoms with Gasteiger partial charge in [-0.05, 0) is 25.1 Å². The molecule has 17 heavy (non-hydrogen) atoms. The van der Waals surface area contributed by atoms with Crippen molar-refractivity contribution < 1.29 is 9.53 Å². The highest BCUT2D eigenvalue weighted by Crippen LogP contribution is 2.05. The van der Waals surface area contributed by atoms with Crippen molar-refractivity contribution in [1.82, 2.24) is 4.90 Å². The molecular formula is C14H21NO2. The maximum atomic E-state index is 10.7. The van der Waals surface area contributed by atoms with E-state index in [1.54, 1.807) is 0 Å². The molecule has 0 atom stereocenters. The van der Waals surface area contributed by atoms with Crippen LogP contribution in [0.2, 0.25) is 0 Å². The average molecular weight is 235 g/mol. The van der Waals surface area contributed by atoms with Gasteiger partial charge in [0.1, 0.15) is 6.29 Å². The monoisotopic (exact) mass is 235 g/mol. The molecular weight excluding hydrogens is 214 g/mol. The summed E-state index contributed by atoms with van der Waals surface area (Å²) >= 11 is 0. The third-order valence-electron chi connectivity index (χ3n) is 2.51. The maximum absolute atomic E-state index is 10.7. The van der Waals surface area contributed by atoms with Crippen LogP contribution < -0.4 is 0 Å². The van der Waals surface area contributed by atoms with E-state index in [0.29, 0.717) is 0 Å². The molecule has 0 saturated carbocycles. The van der Waals surface area contributed by atoms with Crippen molar-refractivity contribution in [2.24, 2.45) is 0 Å². The van der Waals surface area contributed by atoms with Gasteiger partial charge in [0.25, 0.3) is 0 Å². The molecule has 0 aromatic heterocycles. The van der Waals surface area contributed by atoms with Crippen LogP contribution in [0.4, 0.5) is 0 Å². The highest BCUT2D eigenvalue weighted by Gasteiger charge is 2.01. The molecule has 0 saturated heterocycles. The minimum absolute atomic E-state index is 0.734. The summed E-state index contributed by atoms with van der Waals surface area (Å²) in [5.74, 6) is 0. The lowest BCUT2D eigenvalue weighted by molar-refractivity contribution is 0.110. The Kier molecular flexibility index (Phi) is 6.51. The zero-order valence-corrected chi connectivity index (χ0v) is 10.7.